The molecule has 4 N–H and O–H groups in total. The Hall–Kier alpha value is -1.79. The maximum atomic E-state index is 11.4. The lowest BCUT2D eigenvalue weighted by Gasteiger charge is -2.14. The molecule has 0 aromatic carbocycles. The van der Waals surface area contributed by atoms with E-state index in [9.17, 15) is 14.4 Å². The molecule has 0 saturated heterocycles. The zero-order chi connectivity index (χ0) is 14.8. The van der Waals surface area contributed by atoms with Crippen molar-refractivity contribution in [3.05, 3.63) is 0 Å². The minimum absolute atomic E-state index is 0.140. The molecule has 7 heteroatoms. The van der Waals surface area contributed by atoms with Crippen molar-refractivity contribution >= 4 is 17.9 Å². The molecule has 0 aromatic rings. The zero-order valence-electron chi connectivity index (χ0n) is 11.7. The molecule has 7 nitrogen and oxygen atoms in total. The van der Waals surface area contributed by atoms with Crippen molar-refractivity contribution in [2.24, 2.45) is 5.92 Å². The van der Waals surface area contributed by atoms with E-state index in [-0.39, 0.29) is 18.2 Å². The summed E-state index contributed by atoms with van der Waals surface area (Å²) in [5.41, 5.74) is 0. The van der Waals surface area contributed by atoms with Gasteiger partial charge in [0.15, 0.2) is 0 Å². The van der Waals surface area contributed by atoms with E-state index in [4.69, 9.17) is 5.11 Å². The van der Waals surface area contributed by atoms with Crippen molar-refractivity contribution in [3.63, 3.8) is 0 Å². The summed E-state index contributed by atoms with van der Waals surface area (Å²) >= 11 is 0. The second-order valence-corrected chi connectivity index (χ2v) is 4.56. The van der Waals surface area contributed by atoms with E-state index in [1.165, 1.54) is 7.05 Å². The molecule has 0 aliphatic rings. The van der Waals surface area contributed by atoms with E-state index in [1.807, 2.05) is 6.92 Å². The van der Waals surface area contributed by atoms with E-state index >= 15 is 0 Å². The Morgan fingerprint density at radius 2 is 1.79 bits per heavy atom. The van der Waals surface area contributed by atoms with Gasteiger partial charge in [-0.2, -0.15) is 0 Å². The molecule has 0 radical (unpaired) electrons. The first-order valence-corrected chi connectivity index (χ1v) is 6.34. The number of nitrogens with one attached hydrogen (secondary N) is 3. The molecule has 0 rings (SSSR count). The Balaban J connectivity index is 3.73. The number of aliphatic carboxylic acids is 1. The summed E-state index contributed by atoms with van der Waals surface area (Å²) in [6, 6.07) is -0.990. The predicted molar refractivity (Wildman–Crippen MR) is 70.7 cm³/mol. The summed E-state index contributed by atoms with van der Waals surface area (Å²) in [5, 5.41) is 16.1. The molecule has 0 spiro atoms. The van der Waals surface area contributed by atoms with Crippen LogP contribution in [0.15, 0.2) is 0 Å². The van der Waals surface area contributed by atoms with Gasteiger partial charge in [-0.3, -0.25) is 9.59 Å². The van der Waals surface area contributed by atoms with Gasteiger partial charge >= 0.3 is 12.0 Å². The van der Waals surface area contributed by atoms with Crippen LogP contribution < -0.4 is 16.0 Å². The van der Waals surface area contributed by atoms with E-state index in [0.717, 1.165) is 0 Å². The lowest BCUT2D eigenvalue weighted by atomic mass is 10.0. The van der Waals surface area contributed by atoms with Gasteiger partial charge in [-0.1, -0.05) is 6.92 Å². The van der Waals surface area contributed by atoms with Gasteiger partial charge in [0.1, 0.15) is 6.04 Å². The third kappa shape index (κ3) is 8.87. The van der Waals surface area contributed by atoms with Gasteiger partial charge in [0.25, 0.3) is 0 Å². The molecule has 0 aliphatic heterocycles. The number of carboxylic acids is 1. The molecular weight excluding hydrogens is 250 g/mol. The highest BCUT2D eigenvalue weighted by Crippen LogP contribution is 2.08. The van der Waals surface area contributed by atoms with Crippen LogP contribution in [0.5, 0.6) is 0 Å². The van der Waals surface area contributed by atoms with Crippen molar-refractivity contribution in [2.75, 3.05) is 13.6 Å². The fraction of sp³-hybridized carbons (Fsp3) is 0.750. The molecule has 0 aliphatic carbocycles. The number of carboxylic acid groups (broad SMARTS) is 1. The second kappa shape index (κ2) is 9.18. The van der Waals surface area contributed by atoms with Gasteiger partial charge in [-0.25, -0.2) is 4.79 Å². The molecule has 0 fully saturated rings. The smallest absolute Gasteiger partial charge is 0.315 e. The number of hydrogen-bond acceptors (Lipinski definition) is 3. The third-order valence-corrected chi connectivity index (χ3v) is 2.76. The van der Waals surface area contributed by atoms with Crippen LogP contribution in [0, 0.1) is 5.92 Å². The number of likely N-dealkylation sites (N-methyl/N-ethyl adjacent to an activating group) is 1. The van der Waals surface area contributed by atoms with Crippen molar-refractivity contribution in [1.82, 2.24) is 16.0 Å². The van der Waals surface area contributed by atoms with Crippen LogP contribution in [0.25, 0.3) is 0 Å². The monoisotopic (exact) mass is 273 g/mol. The minimum Gasteiger partial charge on any atom is -0.481 e. The van der Waals surface area contributed by atoms with Crippen molar-refractivity contribution in [3.8, 4) is 0 Å². The molecule has 3 amide bonds. The molecule has 19 heavy (non-hydrogen) atoms. The van der Waals surface area contributed by atoms with Crippen LogP contribution in [0.3, 0.4) is 0 Å². The Bertz CT molecular complexity index is 320. The topological polar surface area (TPSA) is 108 Å². The highest BCUT2D eigenvalue weighted by molar-refractivity contribution is 5.86. The number of carbonyl (C=O) groups excluding carboxylic acids is 2. The summed E-state index contributed by atoms with van der Waals surface area (Å²) < 4.78 is 0. The predicted octanol–water partition coefficient (Wildman–Crippen LogP) is 0.311. The Kier molecular flexibility index (Phi) is 8.32. The first-order chi connectivity index (χ1) is 8.86. The molecule has 0 heterocycles. The van der Waals surface area contributed by atoms with Crippen LogP contribution in [0.4, 0.5) is 4.79 Å². The van der Waals surface area contributed by atoms with E-state index in [1.54, 1.807) is 6.92 Å². The first-order valence-electron chi connectivity index (χ1n) is 6.34. The summed E-state index contributed by atoms with van der Waals surface area (Å²) in [5.74, 6) is -0.838. The first kappa shape index (κ1) is 17.2. The van der Waals surface area contributed by atoms with Crippen LogP contribution >= 0.6 is 0 Å². The van der Waals surface area contributed by atoms with Gasteiger partial charge in [0.2, 0.25) is 5.91 Å². The second-order valence-electron chi connectivity index (χ2n) is 4.56. The molecule has 2 unspecified atom stereocenters. The SMILES string of the molecule is CNC(=O)C(C)NC(=O)NCCC(C)CCC(=O)O. The maximum Gasteiger partial charge on any atom is 0.315 e. The number of hydrogen-bond donors (Lipinski definition) is 4. The summed E-state index contributed by atoms with van der Waals surface area (Å²) in [6.07, 6.45) is 1.43. The van der Waals surface area contributed by atoms with Crippen molar-refractivity contribution in [2.45, 2.75) is 39.2 Å². The van der Waals surface area contributed by atoms with E-state index in [2.05, 4.69) is 16.0 Å². The highest BCUT2D eigenvalue weighted by atomic mass is 16.4. The molecule has 0 bridgehead atoms. The third-order valence-electron chi connectivity index (χ3n) is 2.76. The molecule has 0 aromatic heterocycles. The largest absolute Gasteiger partial charge is 0.481 e. The molecule has 110 valence electrons. The summed E-state index contributed by atoms with van der Waals surface area (Å²) in [4.78, 5) is 33.0. The van der Waals surface area contributed by atoms with Crippen LogP contribution in [-0.4, -0.2) is 42.6 Å². The molecule has 2 atom stereocenters. The van der Waals surface area contributed by atoms with Gasteiger partial charge < -0.3 is 21.1 Å². The highest BCUT2D eigenvalue weighted by Gasteiger charge is 2.13. The van der Waals surface area contributed by atoms with Gasteiger partial charge in [0.05, 0.1) is 0 Å². The molecule has 0 saturated carbocycles. The normalized spacial score (nSPS) is 13.2. The van der Waals surface area contributed by atoms with Crippen LogP contribution in [0.2, 0.25) is 0 Å². The fourth-order valence-corrected chi connectivity index (χ4v) is 1.48. The van der Waals surface area contributed by atoms with Gasteiger partial charge in [-0.15, -0.1) is 0 Å². The minimum atomic E-state index is -0.808. The van der Waals surface area contributed by atoms with E-state index in [0.29, 0.717) is 19.4 Å². The average Bonchev–Trinajstić information content (AvgIpc) is 2.35. The average molecular weight is 273 g/mol. The number of amides is 3. The van der Waals surface area contributed by atoms with Crippen LogP contribution in [-0.2, 0) is 9.59 Å². The quantitative estimate of drug-likeness (QED) is 0.510. The van der Waals surface area contributed by atoms with Crippen LogP contribution in [0.1, 0.15) is 33.1 Å². The van der Waals surface area contributed by atoms with E-state index < -0.39 is 18.0 Å². The lowest BCUT2D eigenvalue weighted by Crippen LogP contribution is -2.47. The lowest BCUT2D eigenvalue weighted by molar-refractivity contribution is -0.137. The molecular formula is C12H23N3O4. The Morgan fingerprint density at radius 3 is 2.32 bits per heavy atom. The standard InChI is InChI=1S/C12H23N3O4/c1-8(4-5-10(16)17)6-7-14-12(19)15-9(2)11(18)13-3/h8-9H,4-7H2,1-3H3,(H,13,18)(H,16,17)(H2,14,15,19). The van der Waals surface area contributed by atoms with Crippen molar-refractivity contribution in [1.29, 1.82) is 0 Å². The number of carbonyl (C=O) groups is 3. The summed E-state index contributed by atoms with van der Waals surface area (Å²) in [7, 11) is 1.50. The Labute approximate surface area is 113 Å². The Morgan fingerprint density at radius 1 is 1.16 bits per heavy atom. The number of rotatable bonds is 8. The number of urea groups is 1. The summed E-state index contributed by atoms with van der Waals surface area (Å²) in [6.45, 7) is 3.98. The van der Waals surface area contributed by atoms with Crippen molar-refractivity contribution < 1.29 is 19.5 Å². The fourth-order valence-electron chi connectivity index (χ4n) is 1.48. The zero-order valence-corrected chi connectivity index (χ0v) is 11.7. The van der Waals surface area contributed by atoms with Gasteiger partial charge in [0, 0.05) is 20.0 Å². The van der Waals surface area contributed by atoms with Gasteiger partial charge in [-0.05, 0) is 25.7 Å². The maximum absolute atomic E-state index is 11.4.